The number of nitrogens with zero attached hydrogens (tertiary/aromatic N) is 1. The van der Waals surface area contributed by atoms with Gasteiger partial charge in [-0.25, -0.2) is 0 Å². The summed E-state index contributed by atoms with van der Waals surface area (Å²) in [5.74, 6) is 1.01. The highest BCUT2D eigenvalue weighted by molar-refractivity contribution is 9.10. The number of hydrogen-bond acceptors (Lipinski definition) is 3. The van der Waals surface area contributed by atoms with E-state index < -0.39 is 0 Å². The van der Waals surface area contributed by atoms with Gasteiger partial charge in [-0.15, -0.1) is 0 Å². The van der Waals surface area contributed by atoms with Crippen LogP contribution in [0.1, 0.15) is 39.0 Å². The van der Waals surface area contributed by atoms with Crippen molar-refractivity contribution in [1.82, 2.24) is 10.2 Å². The van der Waals surface area contributed by atoms with Crippen LogP contribution >= 0.6 is 15.9 Å². The molecule has 1 heterocycles. The Labute approximate surface area is 113 Å². The molecule has 0 fully saturated rings. The third-order valence-electron chi connectivity index (χ3n) is 3.04. The van der Waals surface area contributed by atoms with E-state index in [1.807, 2.05) is 6.07 Å². The van der Waals surface area contributed by atoms with Crippen LogP contribution in [0.25, 0.3) is 0 Å². The van der Waals surface area contributed by atoms with Crippen molar-refractivity contribution in [3.63, 3.8) is 0 Å². The van der Waals surface area contributed by atoms with Gasteiger partial charge in [-0.1, -0.05) is 20.8 Å². The first-order chi connectivity index (χ1) is 8.22. The first-order valence-electron chi connectivity index (χ1n) is 6.41. The summed E-state index contributed by atoms with van der Waals surface area (Å²) < 4.78 is 6.61. The number of hydrogen-bond donors (Lipinski definition) is 1. The molecule has 0 aliphatic rings. The fourth-order valence-electron chi connectivity index (χ4n) is 1.98. The van der Waals surface area contributed by atoms with Crippen LogP contribution in [0.15, 0.2) is 21.2 Å². The minimum atomic E-state index is 0.296. The van der Waals surface area contributed by atoms with Crippen molar-refractivity contribution in [3.8, 4) is 0 Å². The van der Waals surface area contributed by atoms with E-state index in [-0.39, 0.29) is 0 Å². The Kier molecular flexibility index (Phi) is 6.85. The molecule has 0 aliphatic heterocycles. The van der Waals surface area contributed by atoms with E-state index in [2.05, 4.69) is 46.9 Å². The number of rotatable bonds is 8. The van der Waals surface area contributed by atoms with Crippen molar-refractivity contribution in [1.29, 1.82) is 0 Å². The molecule has 0 radical (unpaired) electrons. The third kappa shape index (κ3) is 4.45. The Morgan fingerprint density at radius 1 is 1.35 bits per heavy atom. The van der Waals surface area contributed by atoms with Crippen LogP contribution in [0.5, 0.6) is 0 Å². The van der Waals surface area contributed by atoms with E-state index in [4.69, 9.17) is 4.42 Å². The summed E-state index contributed by atoms with van der Waals surface area (Å²) in [4.78, 5) is 2.43. The molecule has 1 atom stereocenters. The van der Waals surface area contributed by atoms with Gasteiger partial charge in [-0.3, -0.25) is 0 Å². The normalized spacial score (nSPS) is 13.2. The lowest BCUT2D eigenvalue weighted by atomic mass is 10.1. The summed E-state index contributed by atoms with van der Waals surface area (Å²) in [5, 5.41) is 3.48. The molecular formula is C13H23BrN2O. The van der Waals surface area contributed by atoms with Crippen molar-refractivity contribution >= 4 is 15.9 Å². The molecule has 1 unspecified atom stereocenters. The average molecular weight is 303 g/mol. The summed E-state index contributed by atoms with van der Waals surface area (Å²) in [5.41, 5.74) is 0. The monoisotopic (exact) mass is 302 g/mol. The van der Waals surface area contributed by atoms with E-state index in [1.165, 1.54) is 0 Å². The smallest absolute Gasteiger partial charge is 0.134 e. The SMILES string of the molecule is CCNC(CCN(CC)CC)c1occc1Br. The van der Waals surface area contributed by atoms with E-state index in [0.717, 1.165) is 42.8 Å². The van der Waals surface area contributed by atoms with Crippen molar-refractivity contribution in [2.24, 2.45) is 0 Å². The molecule has 17 heavy (non-hydrogen) atoms. The fraction of sp³-hybridized carbons (Fsp3) is 0.692. The van der Waals surface area contributed by atoms with Crippen LogP contribution in [0, 0.1) is 0 Å². The molecule has 1 N–H and O–H groups in total. The zero-order valence-corrected chi connectivity index (χ0v) is 12.6. The Balaban J connectivity index is 2.58. The summed E-state index contributed by atoms with van der Waals surface area (Å²) in [7, 11) is 0. The van der Waals surface area contributed by atoms with Crippen LogP contribution in [-0.2, 0) is 0 Å². The molecule has 0 aliphatic carbocycles. The van der Waals surface area contributed by atoms with Crippen LogP contribution < -0.4 is 5.32 Å². The Bertz CT molecular complexity index is 310. The molecule has 98 valence electrons. The Hall–Kier alpha value is -0.320. The molecule has 0 bridgehead atoms. The fourth-order valence-corrected chi connectivity index (χ4v) is 2.46. The van der Waals surface area contributed by atoms with Gasteiger partial charge in [0.2, 0.25) is 0 Å². The quantitative estimate of drug-likeness (QED) is 0.797. The summed E-state index contributed by atoms with van der Waals surface area (Å²) in [6.45, 7) is 10.8. The standard InChI is InChI=1S/C13H23BrN2O/c1-4-15-12(7-9-16(5-2)6-3)13-11(14)8-10-17-13/h8,10,12,15H,4-7,9H2,1-3H3. The van der Waals surface area contributed by atoms with Crippen molar-refractivity contribution < 1.29 is 4.42 Å². The third-order valence-corrected chi connectivity index (χ3v) is 3.70. The van der Waals surface area contributed by atoms with Crippen LogP contribution in [0.2, 0.25) is 0 Å². The maximum absolute atomic E-state index is 5.55. The Morgan fingerprint density at radius 2 is 2.06 bits per heavy atom. The molecule has 0 saturated heterocycles. The molecule has 0 aromatic carbocycles. The summed E-state index contributed by atoms with van der Waals surface area (Å²) in [6, 6.07) is 2.25. The maximum atomic E-state index is 5.55. The van der Waals surface area contributed by atoms with Crippen LogP contribution in [0.4, 0.5) is 0 Å². The van der Waals surface area contributed by atoms with Gasteiger partial charge in [0.25, 0.3) is 0 Å². The predicted molar refractivity (Wildman–Crippen MR) is 75.2 cm³/mol. The highest BCUT2D eigenvalue weighted by Crippen LogP contribution is 2.26. The van der Waals surface area contributed by atoms with Crippen LogP contribution in [0.3, 0.4) is 0 Å². The second-order valence-corrected chi connectivity index (χ2v) is 4.91. The molecule has 1 aromatic heterocycles. The molecular weight excluding hydrogens is 280 g/mol. The first-order valence-corrected chi connectivity index (χ1v) is 7.20. The molecule has 4 heteroatoms. The predicted octanol–water partition coefficient (Wildman–Crippen LogP) is 3.42. The minimum absolute atomic E-state index is 0.296. The van der Waals surface area contributed by atoms with Gasteiger partial charge < -0.3 is 14.6 Å². The number of halogens is 1. The lowest BCUT2D eigenvalue weighted by molar-refractivity contribution is 0.272. The summed E-state index contributed by atoms with van der Waals surface area (Å²) in [6.07, 6.45) is 2.81. The zero-order valence-electron chi connectivity index (χ0n) is 11.0. The van der Waals surface area contributed by atoms with E-state index in [9.17, 15) is 0 Å². The van der Waals surface area contributed by atoms with Gasteiger partial charge in [-0.05, 0) is 48.1 Å². The van der Waals surface area contributed by atoms with Gasteiger partial charge in [-0.2, -0.15) is 0 Å². The second-order valence-electron chi connectivity index (χ2n) is 4.06. The lowest BCUT2D eigenvalue weighted by Gasteiger charge is -2.22. The van der Waals surface area contributed by atoms with Gasteiger partial charge in [0.15, 0.2) is 0 Å². The number of furan rings is 1. The molecule has 0 spiro atoms. The second kappa shape index (κ2) is 7.90. The average Bonchev–Trinajstić information content (AvgIpc) is 2.75. The van der Waals surface area contributed by atoms with Crippen molar-refractivity contribution in [2.45, 2.75) is 33.2 Å². The number of nitrogens with one attached hydrogen (secondary N) is 1. The largest absolute Gasteiger partial charge is 0.466 e. The minimum Gasteiger partial charge on any atom is -0.466 e. The van der Waals surface area contributed by atoms with Crippen molar-refractivity contribution in [3.05, 3.63) is 22.6 Å². The molecule has 0 amide bonds. The molecule has 0 saturated carbocycles. The molecule has 3 nitrogen and oxygen atoms in total. The van der Waals surface area contributed by atoms with Crippen molar-refractivity contribution in [2.75, 3.05) is 26.2 Å². The lowest BCUT2D eigenvalue weighted by Crippen LogP contribution is -2.29. The maximum Gasteiger partial charge on any atom is 0.134 e. The summed E-state index contributed by atoms with van der Waals surface area (Å²) >= 11 is 3.53. The topological polar surface area (TPSA) is 28.4 Å². The van der Waals surface area contributed by atoms with E-state index in [0.29, 0.717) is 6.04 Å². The first kappa shape index (κ1) is 14.7. The van der Waals surface area contributed by atoms with Gasteiger partial charge >= 0.3 is 0 Å². The molecule has 1 aromatic rings. The van der Waals surface area contributed by atoms with Gasteiger partial charge in [0.05, 0.1) is 16.8 Å². The molecule has 1 rings (SSSR count). The highest BCUT2D eigenvalue weighted by atomic mass is 79.9. The van der Waals surface area contributed by atoms with E-state index in [1.54, 1.807) is 6.26 Å². The van der Waals surface area contributed by atoms with Crippen LogP contribution in [-0.4, -0.2) is 31.1 Å². The van der Waals surface area contributed by atoms with Gasteiger partial charge in [0.1, 0.15) is 5.76 Å². The highest BCUT2D eigenvalue weighted by Gasteiger charge is 2.17. The van der Waals surface area contributed by atoms with E-state index >= 15 is 0 Å². The zero-order chi connectivity index (χ0) is 12.7. The van der Waals surface area contributed by atoms with Gasteiger partial charge in [0, 0.05) is 6.54 Å². The Morgan fingerprint density at radius 3 is 2.53 bits per heavy atom.